The summed E-state index contributed by atoms with van der Waals surface area (Å²) in [6, 6.07) is 11.5. The van der Waals surface area contributed by atoms with Crippen LogP contribution >= 0.6 is 0 Å². The van der Waals surface area contributed by atoms with E-state index in [-0.39, 0.29) is 18.2 Å². The molecular weight excluding hydrogens is 494 g/mol. The van der Waals surface area contributed by atoms with E-state index in [9.17, 15) is 29.3 Å². The molecule has 0 spiro atoms. The number of nitro groups is 1. The third kappa shape index (κ3) is 9.88. The van der Waals surface area contributed by atoms with Crippen LogP contribution in [0.5, 0.6) is 0 Å². The molecule has 3 atom stereocenters. The second-order valence-corrected chi connectivity index (χ2v) is 9.14. The molecule has 0 saturated carbocycles. The summed E-state index contributed by atoms with van der Waals surface area (Å²) < 4.78 is 5.10. The Bertz CT molecular complexity index is 1120. The molecule has 38 heavy (non-hydrogen) atoms. The van der Waals surface area contributed by atoms with Gasteiger partial charge in [-0.25, -0.2) is 4.79 Å². The predicted octanol–water partition coefficient (Wildman–Crippen LogP) is 2.88. The number of benzene rings is 2. The summed E-state index contributed by atoms with van der Waals surface area (Å²) in [6.45, 7) is 6.71. The van der Waals surface area contributed by atoms with Gasteiger partial charge >= 0.3 is 6.09 Å². The third-order valence-corrected chi connectivity index (χ3v) is 5.38. The first-order valence-corrected chi connectivity index (χ1v) is 12.1. The lowest BCUT2D eigenvalue weighted by Crippen LogP contribution is -2.54. The Morgan fingerprint density at radius 1 is 0.816 bits per heavy atom. The molecule has 0 aliphatic heterocycles. The number of ether oxygens (including phenoxy) is 1. The average molecular weight is 528 g/mol. The number of hydrogen-bond acceptors (Lipinski definition) is 7. The Morgan fingerprint density at radius 2 is 1.39 bits per heavy atom. The maximum Gasteiger partial charge on any atom is 0.408 e. The van der Waals surface area contributed by atoms with Gasteiger partial charge in [0.25, 0.3) is 5.69 Å². The maximum atomic E-state index is 12.8. The summed E-state index contributed by atoms with van der Waals surface area (Å²) in [6.07, 6.45) is -0.468. The summed E-state index contributed by atoms with van der Waals surface area (Å²) in [4.78, 5) is 60.4. The van der Waals surface area contributed by atoms with Crippen LogP contribution in [0.3, 0.4) is 0 Å². The van der Waals surface area contributed by atoms with Crippen molar-refractivity contribution >= 4 is 35.2 Å². The zero-order valence-electron chi connectivity index (χ0n) is 21.7. The smallest absolute Gasteiger partial charge is 0.408 e. The zero-order chi connectivity index (χ0) is 28.2. The summed E-state index contributed by atoms with van der Waals surface area (Å²) >= 11 is 0. The van der Waals surface area contributed by atoms with E-state index in [2.05, 4.69) is 21.3 Å². The maximum absolute atomic E-state index is 12.8. The van der Waals surface area contributed by atoms with E-state index < -0.39 is 46.9 Å². The van der Waals surface area contributed by atoms with E-state index in [4.69, 9.17) is 4.74 Å². The molecule has 0 radical (unpaired) electrons. The van der Waals surface area contributed by atoms with Crippen LogP contribution in [0.2, 0.25) is 0 Å². The summed E-state index contributed by atoms with van der Waals surface area (Å²) in [7, 11) is 0. The quantitative estimate of drug-likeness (QED) is 0.243. The van der Waals surface area contributed by atoms with Crippen LogP contribution in [0.4, 0.5) is 16.2 Å². The molecule has 204 valence electrons. The van der Waals surface area contributed by atoms with Gasteiger partial charge in [0.15, 0.2) is 0 Å². The number of amides is 4. The van der Waals surface area contributed by atoms with Gasteiger partial charge in [-0.2, -0.15) is 0 Å². The first kappa shape index (κ1) is 29.7. The predicted molar refractivity (Wildman–Crippen MR) is 140 cm³/mol. The Balaban J connectivity index is 1.89. The van der Waals surface area contributed by atoms with Crippen molar-refractivity contribution in [1.82, 2.24) is 16.0 Å². The van der Waals surface area contributed by atoms with Crippen molar-refractivity contribution in [3.8, 4) is 0 Å². The Morgan fingerprint density at radius 3 is 1.97 bits per heavy atom. The van der Waals surface area contributed by atoms with Gasteiger partial charge < -0.3 is 26.0 Å². The molecule has 0 saturated heterocycles. The zero-order valence-corrected chi connectivity index (χ0v) is 21.7. The largest absolute Gasteiger partial charge is 0.445 e. The van der Waals surface area contributed by atoms with Gasteiger partial charge in [0.05, 0.1) is 4.92 Å². The SMILES string of the molecule is CC(C)C[C@H](NC(=O)[C@H](C)NC(=O)[C@H](C)NC(=O)OCc1ccccc1)C(=O)Nc1ccc([N+](=O)[O-])cc1. The number of anilines is 1. The van der Waals surface area contributed by atoms with Crippen LogP contribution in [0, 0.1) is 16.0 Å². The fourth-order valence-corrected chi connectivity index (χ4v) is 3.31. The van der Waals surface area contributed by atoms with Crippen molar-refractivity contribution in [3.63, 3.8) is 0 Å². The molecule has 12 heteroatoms. The normalized spacial score (nSPS) is 13.0. The highest BCUT2D eigenvalue weighted by Crippen LogP contribution is 2.16. The van der Waals surface area contributed by atoms with E-state index in [1.165, 1.54) is 38.1 Å². The fraction of sp³-hybridized carbons (Fsp3) is 0.385. The van der Waals surface area contributed by atoms with Gasteiger partial charge in [0.1, 0.15) is 24.7 Å². The lowest BCUT2D eigenvalue weighted by Gasteiger charge is -2.23. The number of carbonyl (C=O) groups excluding carboxylic acids is 4. The lowest BCUT2D eigenvalue weighted by molar-refractivity contribution is -0.384. The van der Waals surface area contributed by atoms with Crippen LogP contribution in [-0.2, 0) is 25.7 Å². The molecule has 2 rings (SSSR count). The molecule has 0 aliphatic carbocycles. The number of nitrogens with zero attached hydrogens (tertiary/aromatic N) is 1. The molecule has 0 fully saturated rings. The molecule has 12 nitrogen and oxygen atoms in total. The highest BCUT2D eigenvalue weighted by atomic mass is 16.6. The highest BCUT2D eigenvalue weighted by Gasteiger charge is 2.27. The van der Waals surface area contributed by atoms with Crippen molar-refractivity contribution in [2.75, 3.05) is 5.32 Å². The molecule has 2 aromatic carbocycles. The number of non-ortho nitro benzene ring substituents is 1. The van der Waals surface area contributed by atoms with Crippen molar-refractivity contribution in [2.45, 2.75) is 58.8 Å². The molecule has 0 bridgehead atoms. The monoisotopic (exact) mass is 527 g/mol. The minimum Gasteiger partial charge on any atom is -0.445 e. The highest BCUT2D eigenvalue weighted by molar-refractivity contribution is 5.98. The van der Waals surface area contributed by atoms with E-state index in [1.807, 2.05) is 32.0 Å². The van der Waals surface area contributed by atoms with Crippen LogP contribution in [-0.4, -0.2) is 46.9 Å². The third-order valence-electron chi connectivity index (χ3n) is 5.38. The van der Waals surface area contributed by atoms with Gasteiger partial charge in [0, 0.05) is 17.8 Å². The van der Waals surface area contributed by atoms with Crippen LogP contribution < -0.4 is 21.3 Å². The van der Waals surface area contributed by atoms with Crippen molar-refractivity contribution < 1.29 is 28.8 Å². The molecule has 2 aromatic rings. The molecular formula is C26H33N5O7. The number of nitro benzene ring substituents is 1. The van der Waals surface area contributed by atoms with Gasteiger partial charge in [0.2, 0.25) is 17.7 Å². The van der Waals surface area contributed by atoms with Crippen LogP contribution in [0.1, 0.15) is 39.7 Å². The molecule has 0 aliphatic rings. The van der Waals surface area contributed by atoms with Crippen molar-refractivity contribution in [1.29, 1.82) is 0 Å². The number of alkyl carbamates (subject to hydrolysis) is 1. The number of carbonyl (C=O) groups is 4. The summed E-state index contributed by atoms with van der Waals surface area (Å²) in [5, 5.41) is 21.0. The van der Waals surface area contributed by atoms with Crippen LogP contribution in [0.25, 0.3) is 0 Å². The molecule has 4 amide bonds. The topological polar surface area (TPSA) is 169 Å². The van der Waals surface area contributed by atoms with Crippen molar-refractivity contribution in [2.24, 2.45) is 5.92 Å². The molecule has 0 heterocycles. The van der Waals surface area contributed by atoms with Gasteiger partial charge in [-0.15, -0.1) is 0 Å². The number of nitrogens with one attached hydrogen (secondary N) is 4. The Hall–Kier alpha value is -4.48. The first-order chi connectivity index (χ1) is 18.0. The first-order valence-electron chi connectivity index (χ1n) is 12.1. The second-order valence-electron chi connectivity index (χ2n) is 9.14. The standard InChI is InChI=1S/C26H33N5O7/c1-16(2)14-22(25(34)29-20-10-12-21(13-11-20)31(36)37)30-24(33)17(3)27-23(32)18(4)28-26(35)38-15-19-8-6-5-7-9-19/h5-13,16-18,22H,14-15H2,1-4H3,(H,27,32)(H,28,35)(H,29,34)(H,30,33)/t17-,18-,22-/m0/s1. The lowest BCUT2D eigenvalue weighted by atomic mass is 10.0. The van der Waals surface area contributed by atoms with Crippen molar-refractivity contribution in [3.05, 3.63) is 70.3 Å². The van der Waals surface area contributed by atoms with Gasteiger partial charge in [-0.1, -0.05) is 44.2 Å². The number of hydrogen-bond donors (Lipinski definition) is 4. The second kappa shape index (κ2) is 14.3. The van der Waals surface area contributed by atoms with Crippen LogP contribution in [0.15, 0.2) is 54.6 Å². The summed E-state index contributed by atoms with van der Waals surface area (Å²) in [5.74, 6) is -1.66. The van der Waals surface area contributed by atoms with E-state index in [1.54, 1.807) is 12.1 Å². The van der Waals surface area contributed by atoms with E-state index in [0.717, 1.165) is 5.56 Å². The average Bonchev–Trinajstić information content (AvgIpc) is 2.87. The van der Waals surface area contributed by atoms with Gasteiger partial charge in [-0.3, -0.25) is 24.5 Å². The van der Waals surface area contributed by atoms with Gasteiger partial charge in [-0.05, 0) is 43.9 Å². The molecule has 0 aromatic heterocycles. The number of rotatable bonds is 12. The molecule has 4 N–H and O–H groups in total. The molecule has 0 unspecified atom stereocenters. The Kier molecular flexibility index (Phi) is 11.2. The fourth-order valence-electron chi connectivity index (χ4n) is 3.31. The minimum absolute atomic E-state index is 0.0407. The minimum atomic E-state index is -1.01. The van der Waals surface area contributed by atoms with E-state index in [0.29, 0.717) is 12.1 Å². The summed E-state index contributed by atoms with van der Waals surface area (Å²) in [5.41, 5.74) is 1.01. The van der Waals surface area contributed by atoms with E-state index >= 15 is 0 Å². The Labute approximate surface area is 220 Å².